The Labute approximate surface area is 107 Å². The maximum atomic E-state index is 11.8. The van der Waals surface area contributed by atoms with E-state index in [0.29, 0.717) is 10.9 Å². The van der Waals surface area contributed by atoms with Gasteiger partial charge < -0.3 is 4.42 Å². The number of hydrogen-bond donors (Lipinski definition) is 1. The van der Waals surface area contributed by atoms with Gasteiger partial charge in [-0.05, 0) is 19.1 Å². The molecular weight excluding hydrogens is 250 g/mol. The first-order valence-electron chi connectivity index (χ1n) is 5.08. The van der Waals surface area contributed by atoms with Gasteiger partial charge in [0.1, 0.15) is 23.2 Å². The lowest BCUT2D eigenvalue weighted by Crippen LogP contribution is -2.13. The topological polar surface area (TPSA) is 78.9 Å². The highest BCUT2D eigenvalue weighted by atomic mass is 32.1. The van der Waals surface area contributed by atoms with Gasteiger partial charge in [0.25, 0.3) is 5.91 Å². The van der Waals surface area contributed by atoms with Crippen molar-refractivity contribution in [1.29, 1.82) is 5.26 Å². The quantitative estimate of drug-likeness (QED) is 0.678. The highest BCUT2D eigenvalue weighted by Gasteiger charge is 2.11. The summed E-state index contributed by atoms with van der Waals surface area (Å²) in [6, 6.07) is 5.30. The van der Waals surface area contributed by atoms with Crippen LogP contribution in [0.2, 0.25) is 0 Å². The van der Waals surface area contributed by atoms with Crippen molar-refractivity contribution >= 4 is 28.5 Å². The number of carbonyl (C=O) groups is 1. The lowest BCUT2D eigenvalue weighted by molar-refractivity contribution is -0.112. The summed E-state index contributed by atoms with van der Waals surface area (Å²) in [6.45, 7) is 1.79. The molecule has 0 unspecified atom stereocenters. The summed E-state index contributed by atoms with van der Waals surface area (Å²) in [4.78, 5) is 15.7. The van der Waals surface area contributed by atoms with Crippen LogP contribution in [-0.4, -0.2) is 10.9 Å². The van der Waals surface area contributed by atoms with E-state index in [9.17, 15) is 4.79 Å². The fraction of sp³-hybridized carbons (Fsp3) is 0.0833. The van der Waals surface area contributed by atoms with Gasteiger partial charge in [0.15, 0.2) is 5.13 Å². The molecule has 0 aliphatic heterocycles. The second-order valence-corrected chi connectivity index (χ2v) is 4.30. The number of thiazole rings is 1. The third-order valence-electron chi connectivity index (χ3n) is 2.07. The van der Waals surface area contributed by atoms with Gasteiger partial charge in [-0.1, -0.05) is 0 Å². The molecule has 6 heteroatoms. The average molecular weight is 259 g/mol. The van der Waals surface area contributed by atoms with Gasteiger partial charge in [-0.3, -0.25) is 10.1 Å². The van der Waals surface area contributed by atoms with Crippen molar-refractivity contribution in [2.75, 3.05) is 5.32 Å². The predicted octanol–water partition coefficient (Wildman–Crippen LogP) is 2.59. The van der Waals surface area contributed by atoms with Crippen molar-refractivity contribution < 1.29 is 9.21 Å². The van der Waals surface area contributed by atoms with E-state index in [1.165, 1.54) is 17.4 Å². The van der Waals surface area contributed by atoms with E-state index in [4.69, 9.17) is 9.68 Å². The summed E-state index contributed by atoms with van der Waals surface area (Å²) in [6.07, 6.45) is 2.97. The van der Waals surface area contributed by atoms with Crippen LogP contribution in [0, 0.1) is 18.3 Å². The molecule has 0 saturated heterocycles. The SMILES string of the molecule is Cc1ccc(/C=C(\C#N)C(=O)Nc2nccs2)o1. The van der Waals surface area contributed by atoms with E-state index >= 15 is 0 Å². The lowest BCUT2D eigenvalue weighted by Gasteiger charge is -1.98. The maximum Gasteiger partial charge on any atom is 0.268 e. The minimum Gasteiger partial charge on any atom is -0.462 e. The molecule has 0 aliphatic rings. The van der Waals surface area contributed by atoms with Crippen molar-refractivity contribution in [2.45, 2.75) is 6.92 Å². The Morgan fingerprint density at radius 3 is 3.00 bits per heavy atom. The van der Waals surface area contributed by atoms with Crippen LogP contribution in [0.1, 0.15) is 11.5 Å². The molecule has 1 N–H and O–H groups in total. The number of nitrogens with zero attached hydrogens (tertiary/aromatic N) is 2. The van der Waals surface area contributed by atoms with Crippen LogP contribution in [-0.2, 0) is 4.79 Å². The molecule has 2 aromatic rings. The number of aryl methyl sites for hydroxylation is 1. The molecule has 0 fully saturated rings. The summed E-state index contributed by atoms with van der Waals surface area (Å²) in [5, 5.41) is 13.7. The molecule has 18 heavy (non-hydrogen) atoms. The Morgan fingerprint density at radius 1 is 1.61 bits per heavy atom. The van der Waals surface area contributed by atoms with Crippen molar-refractivity contribution in [3.63, 3.8) is 0 Å². The monoisotopic (exact) mass is 259 g/mol. The average Bonchev–Trinajstić information content (AvgIpc) is 2.97. The molecule has 0 bridgehead atoms. The van der Waals surface area contributed by atoms with Crippen LogP contribution in [0.25, 0.3) is 6.08 Å². The zero-order chi connectivity index (χ0) is 13.0. The number of aromatic nitrogens is 1. The summed E-state index contributed by atoms with van der Waals surface area (Å²) in [7, 11) is 0. The van der Waals surface area contributed by atoms with Gasteiger partial charge in [0.05, 0.1) is 0 Å². The Hall–Kier alpha value is -2.39. The molecule has 2 rings (SSSR count). The first kappa shape index (κ1) is 12.1. The standard InChI is InChI=1S/C12H9N3O2S/c1-8-2-3-10(17-8)6-9(7-13)11(16)15-12-14-4-5-18-12/h2-6H,1H3,(H,14,15,16)/b9-6+. The molecular formula is C12H9N3O2S. The van der Waals surface area contributed by atoms with Crippen molar-refractivity contribution in [3.05, 3.63) is 40.8 Å². The smallest absolute Gasteiger partial charge is 0.268 e. The zero-order valence-electron chi connectivity index (χ0n) is 9.51. The number of nitrogens with one attached hydrogen (secondary N) is 1. The first-order valence-corrected chi connectivity index (χ1v) is 5.96. The van der Waals surface area contributed by atoms with E-state index in [2.05, 4.69) is 10.3 Å². The van der Waals surface area contributed by atoms with Crippen LogP contribution < -0.4 is 5.32 Å². The van der Waals surface area contributed by atoms with Crippen LogP contribution in [0.4, 0.5) is 5.13 Å². The number of carbonyl (C=O) groups excluding carboxylic acids is 1. The van der Waals surface area contributed by atoms with E-state index in [1.807, 2.05) is 6.07 Å². The second kappa shape index (κ2) is 5.29. The number of furan rings is 1. The molecule has 0 radical (unpaired) electrons. The molecule has 0 spiro atoms. The first-order chi connectivity index (χ1) is 8.69. The summed E-state index contributed by atoms with van der Waals surface area (Å²) in [5.74, 6) is 0.693. The molecule has 2 aromatic heterocycles. The lowest BCUT2D eigenvalue weighted by atomic mass is 10.2. The van der Waals surface area contributed by atoms with E-state index < -0.39 is 5.91 Å². The van der Waals surface area contributed by atoms with Gasteiger partial charge in [0.2, 0.25) is 0 Å². The number of rotatable bonds is 3. The fourth-order valence-electron chi connectivity index (χ4n) is 1.27. The Kier molecular flexibility index (Phi) is 3.55. The van der Waals surface area contributed by atoms with Gasteiger partial charge >= 0.3 is 0 Å². The van der Waals surface area contributed by atoms with Crippen LogP contribution in [0.5, 0.6) is 0 Å². The maximum absolute atomic E-state index is 11.8. The Morgan fingerprint density at radius 2 is 2.44 bits per heavy atom. The Balaban J connectivity index is 2.16. The molecule has 0 aliphatic carbocycles. The minimum absolute atomic E-state index is 0.0282. The van der Waals surface area contributed by atoms with Gasteiger partial charge in [-0.2, -0.15) is 5.26 Å². The molecule has 5 nitrogen and oxygen atoms in total. The zero-order valence-corrected chi connectivity index (χ0v) is 10.3. The van der Waals surface area contributed by atoms with Crippen molar-refractivity contribution in [2.24, 2.45) is 0 Å². The van der Waals surface area contributed by atoms with E-state index in [0.717, 1.165) is 5.76 Å². The summed E-state index contributed by atoms with van der Waals surface area (Å²) in [5.41, 5.74) is -0.0282. The number of nitriles is 1. The second-order valence-electron chi connectivity index (χ2n) is 3.41. The molecule has 0 saturated carbocycles. The van der Waals surface area contributed by atoms with Crippen LogP contribution in [0.3, 0.4) is 0 Å². The van der Waals surface area contributed by atoms with Gasteiger partial charge in [0, 0.05) is 17.7 Å². The number of anilines is 1. The summed E-state index contributed by atoms with van der Waals surface area (Å²) < 4.78 is 5.28. The van der Waals surface area contributed by atoms with E-state index in [-0.39, 0.29) is 5.57 Å². The van der Waals surface area contributed by atoms with Crippen LogP contribution >= 0.6 is 11.3 Å². The van der Waals surface area contributed by atoms with E-state index in [1.54, 1.807) is 30.6 Å². The normalized spacial score (nSPS) is 11.0. The third kappa shape index (κ3) is 2.84. The third-order valence-corrected chi connectivity index (χ3v) is 2.75. The highest BCUT2D eigenvalue weighted by molar-refractivity contribution is 7.13. The molecule has 0 aromatic carbocycles. The molecule has 1 amide bonds. The minimum atomic E-state index is -0.499. The molecule has 0 atom stereocenters. The molecule has 90 valence electrons. The largest absolute Gasteiger partial charge is 0.462 e. The van der Waals surface area contributed by atoms with Crippen molar-refractivity contribution in [1.82, 2.24) is 4.98 Å². The number of amides is 1. The fourth-order valence-corrected chi connectivity index (χ4v) is 1.80. The molecule has 2 heterocycles. The van der Waals surface area contributed by atoms with Gasteiger partial charge in [-0.15, -0.1) is 11.3 Å². The highest BCUT2D eigenvalue weighted by Crippen LogP contribution is 2.14. The van der Waals surface area contributed by atoms with Crippen LogP contribution in [0.15, 0.2) is 33.7 Å². The Bertz CT molecular complexity index is 620. The van der Waals surface area contributed by atoms with Gasteiger partial charge in [-0.25, -0.2) is 4.98 Å². The summed E-state index contributed by atoms with van der Waals surface area (Å²) >= 11 is 1.29. The number of hydrogen-bond acceptors (Lipinski definition) is 5. The predicted molar refractivity (Wildman–Crippen MR) is 67.8 cm³/mol. The van der Waals surface area contributed by atoms with Crippen molar-refractivity contribution in [3.8, 4) is 6.07 Å².